The Kier molecular flexibility index (Phi) is 9.93. The molecule has 2 amide bonds. The van der Waals surface area contributed by atoms with Crippen LogP contribution in [0, 0.1) is 5.41 Å². The highest BCUT2D eigenvalue weighted by molar-refractivity contribution is 5.91. The van der Waals surface area contributed by atoms with Gasteiger partial charge in [-0.05, 0) is 40.2 Å². The van der Waals surface area contributed by atoms with E-state index in [0.717, 1.165) is 22.3 Å². The van der Waals surface area contributed by atoms with Crippen molar-refractivity contribution in [1.29, 1.82) is 0 Å². The van der Waals surface area contributed by atoms with E-state index >= 15 is 0 Å². The molecule has 1 N–H and O–H groups in total. The van der Waals surface area contributed by atoms with Crippen LogP contribution >= 0.6 is 0 Å². The molecule has 8 nitrogen and oxygen atoms in total. The zero-order valence-corrected chi connectivity index (χ0v) is 24.1. The molecule has 3 atom stereocenters. The number of amides is 2. The van der Waals surface area contributed by atoms with E-state index in [4.69, 9.17) is 14.2 Å². The summed E-state index contributed by atoms with van der Waals surface area (Å²) in [6.45, 7) is 13.4. The third-order valence-corrected chi connectivity index (χ3v) is 7.28. The number of methoxy groups -OCH3 is 2. The van der Waals surface area contributed by atoms with Crippen molar-refractivity contribution < 1.29 is 28.6 Å². The van der Waals surface area contributed by atoms with Gasteiger partial charge in [-0.25, -0.2) is 9.59 Å². The molecule has 0 bridgehead atoms. The molecule has 2 aromatic carbocycles. The number of hydrogen-bond acceptors (Lipinski definition) is 6. The van der Waals surface area contributed by atoms with Crippen LogP contribution in [0.25, 0.3) is 17.2 Å². The normalized spacial score (nSPS) is 19.4. The number of carbonyl (C=O) groups excluding carboxylic acids is 3. The van der Waals surface area contributed by atoms with Crippen molar-refractivity contribution in [3.63, 3.8) is 0 Å². The van der Waals surface area contributed by atoms with Crippen LogP contribution in [0.4, 0.5) is 4.79 Å². The van der Waals surface area contributed by atoms with E-state index in [1.807, 2.05) is 69.3 Å². The van der Waals surface area contributed by atoms with Gasteiger partial charge in [-0.3, -0.25) is 4.79 Å². The van der Waals surface area contributed by atoms with Crippen molar-refractivity contribution in [3.05, 3.63) is 78.9 Å². The molecule has 1 aliphatic heterocycles. The molecule has 0 spiro atoms. The monoisotopic (exact) mass is 548 g/mol. The molecule has 1 unspecified atom stereocenters. The Labute approximate surface area is 237 Å². The first-order valence-corrected chi connectivity index (χ1v) is 13.3. The Bertz CT molecular complexity index is 1240. The number of benzene rings is 2. The minimum atomic E-state index is -0.992. The van der Waals surface area contributed by atoms with Crippen LogP contribution in [0.1, 0.15) is 44.7 Å². The molecule has 0 aromatic heterocycles. The first-order valence-electron chi connectivity index (χ1n) is 13.3. The maximum atomic E-state index is 14.0. The number of likely N-dealkylation sites (tertiary alicyclic amines) is 1. The second kappa shape index (κ2) is 13.0. The SMILES string of the molecule is C=CCCOC(=O)NC(C(=O)N1C[C@](OC)(c2ccc(-c3ccccc3)c(C=C)c2)C[C@H]1C(=O)OC)C(C)(C)C. The Morgan fingerprint density at radius 2 is 1.82 bits per heavy atom. The Balaban J connectivity index is 1.99. The van der Waals surface area contributed by atoms with Gasteiger partial charge in [-0.15, -0.1) is 6.58 Å². The second-order valence-electron chi connectivity index (χ2n) is 10.9. The Morgan fingerprint density at radius 3 is 2.40 bits per heavy atom. The lowest BCUT2D eigenvalue weighted by Gasteiger charge is -2.35. The number of esters is 1. The van der Waals surface area contributed by atoms with Crippen LogP contribution in [0.5, 0.6) is 0 Å². The van der Waals surface area contributed by atoms with Crippen molar-refractivity contribution in [2.45, 2.75) is 51.3 Å². The maximum Gasteiger partial charge on any atom is 0.407 e. The summed E-state index contributed by atoms with van der Waals surface area (Å²) >= 11 is 0. The van der Waals surface area contributed by atoms with Gasteiger partial charge in [0.15, 0.2) is 0 Å². The van der Waals surface area contributed by atoms with Crippen LogP contribution < -0.4 is 5.32 Å². The summed E-state index contributed by atoms with van der Waals surface area (Å²) in [4.78, 5) is 41.0. The lowest BCUT2D eigenvalue weighted by molar-refractivity contribution is -0.152. The zero-order valence-electron chi connectivity index (χ0n) is 24.1. The number of rotatable bonds is 10. The number of carbonyl (C=O) groups is 3. The molecule has 0 aliphatic carbocycles. The molecular formula is C32H40N2O6. The van der Waals surface area contributed by atoms with E-state index in [2.05, 4.69) is 18.5 Å². The summed E-state index contributed by atoms with van der Waals surface area (Å²) in [7, 11) is 2.86. The molecule has 0 saturated carbocycles. The molecule has 40 heavy (non-hydrogen) atoms. The number of nitrogens with one attached hydrogen (secondary N) is 1. The molecule has 1 saturated heterocycles. The van der Waals surface area contributed by atoms with Gasteiger partial charge in [0.2, 0.25) is 5.91 Å². The Hall–Kier alpha value is -3.91. The average Bonchev–Trinajstić information content (AvgIpc) is 3.36. The molecule has 0 radical (unpaired) electrons. The average molecular weight is 549 g/mol. The highest BCUT2D eigenvalue weighted by atomic mass is 16.5. The van der Waals surface area contributed by atoms with Crippen molar-refractivity contribution in [3.8, 4) is 11.1 Å². The van der Waals surface area contributed by atoms with Crippen LogP contribution in [0.15, 0.2) is 67.8 Å². The van der Waals surface area contributed by atoms with Crippen LogP contribution in [0.3, 0.4) is 0 Å². The Morgan fingerprint density at radius 1 is 1.12 bits per heavy atom. The third kappa shape index (κ3) is 6.62. The minimum Gasteiger partial charge on any atom is -0.467 e. The fourth-order valence-corrected chi connectivity index (χ4v) is 5.03. The lowest BCUT2D eigenvalue weighted by Crippen LogP contribution is -2.57. The molecule has 8 heteroatoms. The van der Waals surface area contributed by atoms with Gasteiger partial charge in [0.25, 0.3) is 0 Å². The van der Waals surface area contributed by atoms with E-state index in [9.17, 15) is 14.4 Å². The van der Waals surface area contributed by atoms with Crippen LogP contribution in [-0.4, -0.2) is 62.3 Å². The summed E-state index contributed by atoms with van der Waals surface area (Å²) in [5, 5.41) is 2.71. The van der Waals surface area contributed by atoms with Crippen molar-refractivity contribution in [2.24, 2.45) is 5.41 Å². The third-order valence-electron chi connectivity index (χ3n) is 7.28. The van der Waals surface area contributed by atoms with Gasteiger partial charge in [-0.2, -0.15) is 0 Å². The molecule has 3 rings (SSSR count). The van der Waals surface area contributed by atoms with E-state index in [-0.39, 0.29) is 19.6 Å². The number of ether oxygens (including phenoxy) is 3. The fraction of sp³-hybridized carbons (Fsp3) is 0.406. The predicted octanol–water partition coefficient (Wildman–Crippen LogP) is 5.33. The van der Waals surface area contributed by atoms with E-state index in [1.165, 1.54) is 12.0 Å². The molecule has 214 valence electrons. The highest BCUT2D eigenvalue weighted by Crippen LogP contribution is 2.42. The second-order valence-corrected chi connectivity index (χ2v) is 10.9. The molecule has 2 aromatic rings. The van der Waals surface area contributed by atoms with Gasteiger partial charge < -0.3 is 24.4 Å². The van der Waals surface area contributed by atoms with E-state index < -0.39 is 41.1 Å². The van der Waals surface area contributed by atoms with Crippen molar-refractivity contribution in [2.75, 3.05) is 27.4 Å². The van der Waals surface area contributed by atoms with Crippen LogP contribution in [-0.2, 0) is 29.4 Å². The number of nitrogens with zero attached hydrogens (tertiary/aromatic N) is 1. The molecular weight excluding hydrogens is 508 g/mol. The minimum absolute atomic E-state index is 0.0864. The zero-order chi connectivity index (χ0) is 29.5. The fourth-order valence-electron chi connectivity index (χ4n) is 5.03. The summed E-state index contributed by atoms with van der Waals surface area (Å²) in [6.07, 6.45) is 3.38. The number of hydrogen-bond donors (Lipinski definition) is 1. The molecule has 1 aliphatic rings. The topological polar surface area (TPSA) is 94.2 Å². The van der Waals surface area contributed by atoms with Crippen LogP contribution in [0.2, 0.25) is 0 Å². The summed E-state index contributed by atoms with van der Waals surface area (Å²) in [5.74, 6) is -0.981. The molecule has 1 fully saturated rings. The van der Waals surface area contributed by atoms with Gasteiger partial charge in [0.1, 0.15) is 17.7 Å². The predicted molar refractivity (Wildman–Crippen MR) is 155 cm³/mol. The first kappa shape index (κ1) is 30.6. The smallest absolute Gasteiger partial charge is 0.407 e. The maximum absolute atomic E-state index is 14.0. The first-order chi connectivity index (χ1) is 19.0. The quantitative estimate of drug-likeness (QED) is 0.245. The van der Waals surface area contributed by atoms with Crippen molar-refractivity contribution >= 4 is 24.0 Å². The van der Waals surface area contributed by atoms with Gasteiger partial charge in [0, 0.05) is 13.5 Å². The van der Waals surface area contributed by atoms with Gasteiger partial charge >= 0.3 is 12.1 Å². The summed E-state index contributed by atoms with van der Waals surface area (Å²) in [6, 6.07) is 14.0. The van der Waals surface area contributed by atoms with Gasteiger partial charge in [-0.1, -0.05) is 82.0 Å². The largest absolute Gasteiger partial charge is 0.467 e. The standard InChI is InChI=1S/C32H40N2O6/c1-8-10-18-40-30(37)33-27(31(3,4)5)28(35)34-21-32(39-7,20-26(34)29(36)38-6)24-16-17-25(22(9-2)19-24)23-14-12-11-13-15-23/h8-9,11-17,19,26-27H,1-2,10,18,20-21H2,3-7H3,(H,33,37)/t26-,27?,32-/m0/s1. The summed E-state index contributed by atoms with van der Waals surface area (Å²) < 4.78 is 16.4. The molecule has 1 heterocycles. The lowest BCUT2D eigenvalue weighted by atomic mass is 9.85. The van der Waals surface area contributed by atoms with E-state index in [1.54, 1.807) is 19.3 Å². The highest BCUT2D eigenvalue weighted by Gasteiger charge is 2.53. The van der Waals surface area contributed by atoms with Crippen molar-refractivity contribution in [1.82, 2.24) is 10.2 Å². The van der Waals surface area contributed by atoms with E-state index in [0.29, 0.717) is 6.42 Å². The number of alkyl carbamates (subject to hydrolysis) is 1. The van der Waals surface area contributed by atoms with Gasteiger partial charge in [0.05, 0.1) is 20.3 Å². The summed E-state index contributed by atoms with van der Waals surface area (Å²) in [5.41, 5.74) is 2.09.